The van der Waals surface area contributed by atoms with Crippen molar-refractivity contribution in [1.29, 1.82) is 0 Å². The monoisotopic (exact) mass is 536 g/mol. The number of hydrogen-bond acceptors (Lipinski definition) is 4. The number of nitrogens with one attached hydrogen (secondary N) is 2. The van der Waals surface area contributed by atoms with Gasteiger partial charge in [0.25, 0.3) is 0 Å². The molecule has 0 radical (unpaired) electrons. The van der Waals surface area contributed by atoms with E-state index in [0.29, 0.717) is 21.5 Å². The Morgan fingerprint density at radius 1 is 0.641 bits per heavy atom. The minimum Gasteiger partial charge on any atom is -0.872 e. The van der Waals surface area contributed by atoms with E-state index < -0.39 is 23.4 Å². The molecule has 0 aliphatic carbocycles. The lowest BCUT2D eigenvalue weighted by Gasteiger charge is -2.35. The normalized spacial score (nSPS) is 17.4. The highest BCUT2D eigenvalue weighted by molar-refractivity contribution is 6.02. The molecule has 3 fully saturated rings. The van der Waals surface area contributed by atoms with Crippen LogP contribution in [0.4, 0.5) is 0 Å². The van der Waals surface area contributed by atoms with Gasteiger partial charge in [0.1, 0.15) is 39.3 Å². The lowest BCUT2D eigenvalue weighted by Crippen LogP contribution is -3.35. The Labute approximate surface area is 224 Å². The summed E-state index contributed by atoms with van der Waals surface area (Å²) in [5.74, 6) is -4.07. The van der Waals surface area contributed by atoms with Crippen LogP contribution in [0.25, 0.3) is 21.5 Å². The first-order valence-electron chi connectivity index (χ1n) is 12.4. The van der Waals surface area contributed by atoms with Crippen LogP contribution in [-0.4, -0.2) is 72.4 Å². The first-order valence-corrected chi connectivity index (χ1v) is 12.4. The maximum absolute atomic E-state index is 12.9. The van der Waals surface area contributed by atoms with Crippen molar-refractivity contribution in [3.8, 4) is 11.5 Å². The Hall–Kier alpha value is -4.22. The Balaban J connectivity index is 0.000000358. The Morgan fingerprint density at radius 3 is 1.28 bits per heavy atom. The van der Waals surface area contributed by atoms with Crippen molar-refractivity contribution in [2.75, 3.05) is 39.3 Å². The lowest BCUT2D eigenvalue weighted by molar-refractivity contribution is -1.06. The third-order valence-corrected chi connectivity index (χ3v) is 7.52. The zero-order valence-corrected chi connectivity index (χ0v) is 21.3. The van der Waals surface area contributed by atoms with Crippen molar-refractivity contribution in [2.24, 2.45) is 0 Å². The molecule has 3 heterocycles. The molecule has 7 rings (SSSR count). The van der Waals surface area contributed by atoms with Gasteiger partial charge in [0.15, 0.2) is 0 Å². The van der Waals surface area contributed by atoms with Crippen molar-refractivity contribution in [3.63, 3.8) is 0 Å². The molecule has 0 aromatic heterocycles. The minimum atomic E-state index is -1.35. The number of hydrogen-bond donors (Lipinski definition) is 4. The summed E-state index contributed by atoms with van der Waals surface area (Å²) in [6, 6.07) is 16.3. The molecule has 3 saturated heterocycles. The third kappa shape index (κ3) is 5.79. The van der Waals surface area contributed by atoms with Crippen molar-refractivity contribution in [3.05, 3.63) is 82.9 Å². The fraction of sp³-hybridized carbons (Fsp3) is 0.241. The molecule has 10 nitrogen and oxygen atoms in total. The first kappa shape index (κ1) is 29.3. The molecule has 0 atom stereocenters. The average molecular weight is 537 g/mol. The second-order valence-corrected chi connectivity index (χ2v) is 9.69. The van der Waals surface area contributed by atoms with Crippen LogP contribution in [0, 0.1) is 0 Å². The van der Waals surface area contributed by atoms with E-state index in [0.717, 1.165) is 0 Å². The summed E-state index contributed by atoms with van der Waals surface area (Å²) in [4.78, 5) is 26.8. The maximum atomic E-state index is 12.9. The number of carboxylic acid groups (broad SMARTS) is 2. The van der Waals surface area contributed by atoms with Gasteiger partial charge in [-0.15, -0.1) is 0 Å². The van der Waals surface area contributed by atoms with E-state index in [1.165, 1.54) is 51.4 Å². The maximum Gasteiger partial charge on any atom is 0.335 e. The fourth-order valence-electron chi connectivity index (χ4n) is 5.46. The second-order valence-electron chi connectivity index (χ2n) is 9.69. The number of carboxylic acids is 2. The van der Waals surface area contributed by atoms with E-state index in [1.54, 1.807) is 48.5 Å². The molecule has 3 aliphatic heterocycles. The molecular weight excluding hydrogens is 504 g/mol. The Kier molecular flexibility index (Phi) is 9.10. The minimum absolute atomic E-state index is 0. The van der Waals surface area contributed by atoms with Gasteiger partial charge in [-0.25, -0.2) is 9.59 Å². The van der Waals surface area contributed by atoms with Crippen molar-refractivity contribution < 1.29 is 50.8 Å². The van der Waals surface area contributed by atoms with E-state index in [1.807, 2.05) is 9.80 Å². The SMILES string of the molecule is C1C[NH+]2CC[NH+]1CC2.O.O.O=C(O)c1cc2ccccc2c(Cc2c([O-])c(C(=O)O)cc3ccccc23)c1[O-]. The highest BCUT2D eigenvalue weighted by Gasteiger charge is 2.29. The topological polar surface area (TPSA) is 193 Å². The van der Waals surface area contributed by atoms with E-state index in [2.05, 4.69) is 0 Å². The number of benzene rings is 4. The summed E-state index contributed by atoms with van der Waals surface area (Å²) in [6.07, 6.45) is -0.166. The van der Waals surface area contributed by atoms with Crippen LogP contribution in [0.3, 0.4) is 0 Å². The summed E-state index contributed by atoms with van der Waals surface area (Å²) >= 11 is 0. The van der Waals surface area contributed by atoms with Crippen molar-refractivity contribution in [2.45, 2.75) is 6.42 Å². The summed E-state index contributed by atoms with van der Waals surface area (Å²) in [5, 5.41) is 46.8. The molecule has 0 amide bonds. The van der Waals surface area contributed by atoms with Crippen LogP contribution < -0.4 is 20.0 Å². The van der Waals surface area contributed by atoms with Gasteiger partial charge in [0.05, 0.1) is 11.1 Å². The van der Waals surface area contributed by atoms with Crippen LogP contribution >= 0.6 is 0 Å². The quantitative estimate of drug-likeness (QED) is 0.239. The van der Waals surface area contributed by atoms with Gasteiger partial charge >= 0.3 is 11.9 Å². The van der Waals surface area contributed by atoms with Crippen LogP contribution in [0.5, 0.6) is 11.5 Å². The lowest BCUT2D eigenvalue weighted by atomic mass is 9.90. The third-order valence-electron chi connectivity index (χ3n) is 7.52. The number of rotatable bonds is 4. The molecule has 10 heteroatoms. The van der Waals surface area contributed by atoms with E-state index >= 15 is 0 Å². The molecule has 0 saturated carbocycles. The summed E-state index contributed by atoms with van der Waals surface area (Å²) in [5.41, 5.74) is -0.453. The largest absolute Gasteiger partial charge is 0.872 e. The zero-order chi connectivity index (χ0) is 26.1. The van der Waals surface area contributed by atoms with Gasteiger partial charge in [-0.2, -0.15) is 0 Å². The average Bonchev–Trinajstić information content (AvgIpc) is 2.92. The van der Waals surface area contributed by atoms with Crippen LogP contribution in [0.2, 0.25) is 0 Å². The van der Waals surface area contributed by atoms with Crippen molar-refractivity contribution >= 4 is 33.5 Å². The zero-order valence-electron chi connectivity index (χ0n) is 21.3. The Bertz CT molecular complexity index is 1390. The van der Waals surface area contributed by atoms with Crippen molar-refractivity contribution in [1.82, 2.24) is 0 Å². The highest BCUT2D eigenvalue weighted by atomic mass is 16.4. The number of piperazine rings is 3. The van der Waals surface area contributed by atoms with E-state index in [4.69, 9.17) is 0 Å². The smallest absolute Gasteiger partial charge is 0.335 e. The standard InChI is InChI=1S/C23H16O6.C6H12N2.2H2O/c24-20-16(14-7-3-1-5-12(14)9-18(20)22(26)27)11-17-15-8-4-2-6-13(15)10-19(21(17)25)23(28)29;1-2-8-5-3-7(1)4-6-8;;/h1-10,24-25H,11H2,(H,26,27)(H,28,29);1-6H2;2*1H2. The summed E-state index contributed by atoms with van der Waals surface area (Å²) in [6.45, 7) is 8.64. The fourth-order valence-corrected chi connectivity index (χ4v) is 5.46. The number of quaternary nitrogens is 2. The number of fused-ring (bicyclic) bond motifs is 5. The highest BCUT2D eigenvalue weighted by Crippen LogP contribution is 2.36. The molecule has 3 aliphatic rings. The molecule has 39 heavy (non-hydrogen) atoms. The summed E-state index contributed by atoms with van der Waals surface area (Å²) in [7, 11) is 0. The van der Waals surface area contributed by atoms with Gasteiger partial charge in [-0.3, -0.25) is 0 Å². The van der Waals surface area contributed by atoms with Crippen LogP contribution in [0.15, 0.2) is 60.7 Å². The molecule has 0 unspecified atom stereocenters. The van der Waals surface area contributed by atoms with Gasteiger partial charge in [0.2, 0.25) is 0 Å². The van der Waals surface area contributed by atoms with Gasteiger partial charge in [-0.1, -0.05) is 60.0 Å². The molecule has 8 N–H and O–H groups in total. The van der Waals surface area contributed by atoms with Gasteiger partial charge in [0, 0.05) is 0 Å². The first-order chi connectivity index (χ1) is 17.8. The van der Waals surface area contributed by atoms with E-state index in [-0.39, 0.29) is 39.6 Å². The number of aromatic carboxylic acids is 2. The van der Waals surface area contributed by atoms with E-state index in [9.17, 15) is 30.0 Å². The summed E-state index contributed by atoms with van der Waals surface area (Å²) < 4.78 is 0. The predicted octanol–water partition coefficient (Wildman–Crippen LogP) is -1.74. The van der Waals surface area contributed by atoms with Crippen LogP contribution in [0.1, 0.15) is 31.8 Å². The molecule has 4 aromatic rings. The Morgan fingerprint density at radius 2 is 0.974 bits per heavy atom. The molecular formula is C29H32N2O8. The number of carbonyl (C=O) groups is 2. The molecule has 4 aromatic carbocycles. The van der Waals surface area contributed by atoms with Crippen LogP contribution in [-0.2, 0) is 6.42 Å². The molecule has 0 spiro atoms. The molecule has 2 bridgehead atoms. The predicted molar refractivity (Wildman–Crippen MR) is 142 cm³/mol. The van der Waals surface area contributed by atoms with Gasteiger partial charge < -0.3 is 41.2 Å². The second kappa shape index (κ2) is 12.1. The van der Waals surface area contributed by atoms with Gasteiger partial charge in [-0.05, 0) is 51.2 Å². The molecule has 206 valence electrons.